The molecule has 1 aromatic rings. The van der Waals surface area contributed by atoms with Crippen molar-refractivity contribution < 1.29 is 29.3 Å². The van der Waals surface area contributed by atoms with E-state index in [2.05, 4.69) is 5.32 Å². The van der Waals surface area contributed by atoms with E-state index in [0.29, 0.717) is 0 Å². The number of rotatable bonds is 2. The van der Waals surface area contributed by atoms with Gasteiger partial charge in [0.15, 0.2) is 11.5 Å². The number of nitrogens with one attached hydrogen (secondary N) is 1. The van der Waals surface area contributed by atoms with Crippen LogP contribution in [0.5, 0.6) is 11.5 Å². The van der Waals surface area contributed by atoms with Gasteiger partial charge >= 0.3 is 17.7 Å². The van der Waals surface area contributed by atoms with E-state index < -0.39 is 17.7 Å². The first-order valence-corrected chi connectivity index (χ1v) is 6.19. The molecule has 7 heteroatoms. The topological polar surface area (TPSA) is 105 Å². The maximum atomic E-state index is 11.2. The molecule has 3 rings (SSSR count). The Morgan fingerprint density at radius 3 is 2.45 bits per heavy atom. The Morgan fingerprint density at radius 1 is 1.25 bits per heavy atom. The molecule has 0 bridgehead atoms. The summed E-state index contributed by atoms with van der Waals surface area (Å²) in [5.74, 6) is -5.77. The largest absolute Gasteiger partial charge is 0.475 e. The van der Waals surface area contributed by atoms with Gasteiger partial charge in [-0.15, -0.1) is 0 Å². The van der Waals surface area contributed by atoms with Crippen LogP contribution < -0.4 is 14.8 Å². The SMILES string of the molecule is CC1NCCc2cc3c(cc21)OC(C(=O)O)(C(=O)O)O3. The Bertz CT molecular complexity index is 597. The maximum Gasteiger partial charge on any atom is 0.453 e. The fraction of sp³-hybridized carbons (Fsp3) is 0.385. The van der Waals surface area contributed by atoms with Crippen LogP contribution in [0.2, 0.25) is 0 Å². The first-order valence-electron chi connectivity index (χ1n) is 6.19. The predicted molar refractivity (Wildman–Crippen MR) is 65.8 cm³/mol. The molecular weight excluding hydrogens is 266 g/mol. The van der Waals surface area contributed by atoms with Gasteiger partial charge in [-0.05, 0) is 43.1 Å². The molecule has 1 aromatic carbocycles. The molecule has 2 aliphatic rings. The van der Waals surface area contributed by atoms with Crippen molar-refractivity contribution in [3.8, 4) is 11.5 Å². The highest BCUT2D eigenvalue weighted by molar-refractivity contribution is 6.01. The second kappa shape index (κ2) is 4.11. The van der Waals surface area contributed by atoms with Gasteiger partial charge in [0.1, 0.15) is 0 Å². The maximum absolute atomic E-state index is 11.2. The summed E-state index contributed by atoms with van der Waals surface area (Å²) in [6.45, 7) is 2.78. The molecule has 0 fully saturated rings. The van der Waals surface area contributed by atoms with Crippen molar-refractivity contribution in [1.29, 1.82) is 0 Å². The molecular formula is C13H13NO6. The summed E-state index contributed by atoms with van der Waals surface area (Å²) in [5.41, 5.74) is 1.97. The van der Waals surface area contributed by atoms with Crippen molar-refractivity contribution in [2.45, 2.75) is 25.2 Å². The third-order valence-electron chi connectivity index (χ3n) is 3.59. The summed E-state index contributed by atoms with van der Waals surface area (Å²) in [6.07, 6.45) is 0.767. The lowest BCUT2D eigenvalue weighted by Crippen LogP contribution is -2.54. The summed E-state index contributed by atoms with van der Waals surface area (Å²) in [7, 11) is 0. The molecule has 0 radical (unpaired) electrons. The van der Waals surface area contributed by atoms with Crippen LogP contribution in [-0.2, 0) is 16.0 Å². The fourth-order valence-electron chi connectivity index (χ4n) is 2.53. The van der Waals surface area contributed by atoms with E-state index >= 15 is 0 Å². The van der Waals surface area contributed by atoms with Crippen molar-refractivity contribution in [3.63, 3.8) is 0 Å². The Morgan fingerprint density at radius 2 is 1.85 bits per heavy atom. The first-order chi connectivity index (χ1) is 9.44. The standard InChI is InChI=1S/C13H13NO6/c1-6-8-5-10-9(4-7(8)2-3-14-6)19-13(20-10,11(15)16)12(17)18/h4-6,14H,2-3H2,1H3,(H,15,16)(H,17,18). The van der Waals surface area contributed by atoms with Gasteiger partial charge in [0, 0.05) is 6.04 Å². The van der Waals surface area contributed by atoms with Crippen LogP contribution >= 0.6 is 0 Å². The van der Waals surface area contributed by atoms with E-state index in [-0.39, 0.29) is 17.5 Å². The number of benzene rings is 1. The van der Waals surface area contributed by atoms with Gasteiger partial charge in [0.05, 0.1) is 0 Å². The van der Waals surface area contributed by atoms with E-state index in [1.165, 1.54) is 0 Å². The van der Waals surface area contributed by atoms with E-state index in [0.717, 1.165) is 24.1 Å². The van der Waals surface area contributed by atoms with Gasteiger partial charge in [-0.25, -0.2) is 9.59 Å². The van der Waals surface area contributed by atoms with Crippen LogP contribution in [0.15, 0.2) is 12.1 Å². The lowest BCUT2D eigenvalue weighted by atomic mass is 9.95. The van der Waals surface area contributed by atoms with Crippen molar-refractivity contribution in [1.82, 2.24) is 5.32 Å². The van der Waals surface area contributed by atoms with Crippen LogP contribution in [0.25, 0.3) is 0 Å². The van der Waals surface area contributed by atoms with Crippen molar-refractivity contribution in [3.05, 3.63) is 23.3 Å². The zero-order chi connectivity index (χ0) is 14.5. The summed E-state index contributed by atoms with van der Waals surface area (Å²) >= 11 is 0. The highest BCUT2D eigenvalue weighted by atomic mass is 16.8. The quantitative estimate of drug-likeness (QED) is 0.678. The van der Waals surface area contributed by atoms with Crippen molar-refractivity contribution in [2.24, 2.45) is 0 Å². The molecule has 1 atom stereocenters. The number of hydrogen-bond donors (Lipinski definition) is 3. The third kappa shape index (κ3) is 1.63. The minimum absolute atomic E-state index is 0.0947. The Balaban J connectivity index is 2.06. The smallest absolute Gasteiger partial charge is 0.453 e. The third-order valence-corrected chi connectivity index (χ3v) is 3.59. The molecule has 20 heavy (non-hydrogen) atoms. The van der Waals surface area contributed by atoms with Crippen molar-refractivity contribution >= 4 is 11.9 Å². The Kier molecular flexibility index (Phi) is 2.62. The molecule has 0 aromatic heterocycles. The first kappa shape index (κ1) is 12.7. The number of fused-ring (bicyclic) bond motifs is 2. The second-order valence-electron chi connectivity index (χ2n) is 4.85. The molecule has 0 saturated heterocycles. The molecule has 2 heterocycles. The van der Waals surface area contributed by atoms with Crippen LogP contribution in [-0.4, -0.2) is 34.5 Å². The van der Waals surface area contributed by atoms with E-state index in [9.17, 15) is 9.59 Å². The molecule has 0 aliphatic carbocycles. The minimum Gasteiger partial charge on any atom is -0.475 e. The summed E-state index contributed by atoms with van der Waals surface area (Å²) in [4.78, 5) is 22.4. The van der Waals surface area contributed by atoms with Gasteiger partial charge in [0.2, 0.25) is 0 Å². The van der Waals surface area contributed by atoms with Crippen LogP contribution in [0.4, 0.5) is 0 Å². The van der Waals surface area contributed by atoms with Gasteiger partial charge in [-0.3, -0.25) is 0 Å². The van der Waals surface area contributed by atoms with Gasteiger partial charge in [-0.2, -0.15) is 0 Å². The zero-order valence-corrected chi connectivity index (χ0v) is 10.7. The predicted octanol–water partition coefficient (Wildman–Crippen LogP) is 0.530. The van der Waals surface area contributed by atoms with Gasteiger partial charge in [-0.1, -0.05) is 0 Å². The van der Waals surface area contributed by atoms with Crippen LogP contribution in [0, 0.1) is 0 Å². The molecule has 0 spiro atoms. The highest BCUT2D eigenvalue weighted by Gasteiger charge is 2.57. The molecule has 0 amide bonds. The molecule has 7 nitrogen and oxygen atoms in total. The molecule has 0 saturated carbocycles. The zero-order valence-electron chi connectivity index (χ0n) is 10.7. The monoisotopic (exact) mass is 279 g/mol. The normalized spacial score (nSPS) is 22.1. The van der Waals surface area contributed by atoms with E-state index in [1.54, 1.807) is 12.1 Å². The molecule has 1 unspecified atom stereocenters. The van der Waals surface area contributed by atoms with Crippen LogP contribution in [0.1, 0.15) is 24.1 Å². The average Bonchev–Trinajstić information content (AvgIpc) is 2.77. The van der Waals surface area contributed by atoms with E-state index in [1.807, 2.05) is 6.92 Å². The number of ether oxygens (including phenoxy) is 2. The number of aliphatic carboxylic acids is 2. The summed E-state index contributed by atoms with van der Waals surface area (Å²) in [6, 6.07) is 3.41. The van der Waals surface area contributed by atoms with E-state index in [4.69, 9.17) is 19.7 Å². The second-order valence-corrected chi connectivity index (χ2v) is 4.85. The summed E-state index contributed by atoms with van der Waals surface area (Å²) < 4.78 is 10.2. The highest BCUT2D eigenvalue weighted by Crippen LogP contribution is 2.43. The molecule has 106 valence electrons. The van der Waals surface area contributed by atoms with Crippen LogP contribution in [0.3, 0.4) is 0 Å². The number of carbonyl (C=O) groups is 2. The molecule has 2 aliphatic heterocycles. The number of hydrogen-bond acceptors (Lipinski definition) is 5. The average molecular weight is 279 g/mol. The van der Waals surface area contributed by atoms with Gasteiger partial charge in [0.25, 0.3) is 0 Å². The minimum atomic E-state index is -2.69. The van der Waals surface area contributed by atoms with Gasteiger partial charge < -0.3 is 25.0 Å². The summed E-state index contributed by atoms with van der Waals surface area (Å²) in [5, 5.41) is 21.4. The number of carboxylic acids is 2. The number of carboxylic acid groups (broad SMARTS) is 2. The molecule has 3 N–H and O–H groups in total. The fourth-order valence-corrected chi connectivity index (χ4v) is 2.53. The lowest BCUT2D eigenvalue weighted by molar-refractivity contribution is -0.194. The Hall–Kier alpha value is -2.28. The Labute approximate surface area is 114 Å². The van der Waals surface area contributed by atoms with Crippen molar-refractivity contribution in [2.75, 3.05) is 6.54 Å². The lowest BCUT2D eigenvalue weighted by Gasteiger charge is -2.23.